The van der Waals surface area contributed by atoms with Gasteiger partial charge in [-0.2, -0.15) is 0 Å². The molecule has 5 nitrogen and oxygen atoms in total. The molecule has 84 valence electrons. The van der Waals surface area contributed by atoms with Gasteiger partial charge in [0, 0.05) is 19.6 Å². The van der Waals surface area contributed by atoms with Crippen molar-refractivity contribution in [2.45, 2.75) is 6.42 Å². The number of carboxylic acid groups (broad SMARTS) is 1. The average molecular weight is 232 g/mol. The van der Waals surface area contributed by atoms with Crippen LogP contribution in [0.3, 0.4) is 0 Å². The highest BCUT2D eigenvalue weighted by atomic mass is 35.5. The lowest BCUT2D eigenvalue weighted by Gasteiger charge is -2.13. The summed E-state index contributed by atoms with van der Waals surface area (Å²) < 4.78 is 0. The zero-order chi connectivity index (χ0) is 11.4. The Morgan fingerprint density at radius 2 is 2.33 bits per heavy atom. The summed E-state index contributed by atoms with van der Waals surface area (Å²) in [5.41, 5.74) is 5.55. The van der Waals surface area contributed by atoms with Crippen molar-refractivity contribution < 1.29 is 9.90 Å². The largest absolute Gasteiger partial charge is 0.477 e. The van der Waals surface area contributed by atoms with E-state index in [1.807, 2.05) is 11.9 Å². The number of halogens is 1. The fourth-order valence-corrected chi connectivity index (χ4v) is 1.53. The molecule has 0 aromatic rings. The first kappa shape index (κ1) is 12.0. The first-order chi connectivity index (χ1) is 7.02. The van der Waals surface area contributed by atoms with Gasteiger partial charge in [-0.25, -0.2) is 4.79 Å². The van der Waals surface area contributed by atoms with Crippen molar-refractivity contribution in [1.82, 2.24) is 4.90 Å². The topological polar surface area (TPSA) is 78.9 Å². The Bertz CT molecular complexity index is 325. The number of hydrogen-bond acceptors (Lipinski definition) is 4. The summed E-state index contributed by atoms with van der Waals surface area (Å²) in [6, 6.07) is 0. The number of nitrogens with zero attached hydrogens (tertiary/aromatic N) is 2. The number of aliphatic carboxylic acids is 1. The monoisotopic (exact) mass is 231 g/mol. The fraction of sp³-hybridized carbons (Fsp3) is 0.556. The van der Waals surface area contributed by atoms with Crippen LogP contribution < -0.4 is 5.73 Å². The van der Waals surface area contributed by atoms with Gasteiger partial charge in [-0.1, -0.05) is 11.6 Å². The quantitative estimate of drug-likeness (QED) is 0.668. The molecule has 1 aliphatic rings. The Morgan fingerprint density at radius 1 is 1.67 bits per heavy atom. The molecule has 0 aliphatic carbocycles. The summed E-state index contributed by atoms with van der Waals surface area (Å²) >= 11 is 5.86. The molecule has 0 amide bonds. The lowest BCUT2D eigenvalue weighted by Crippen LogP contribution is -2.27. The summed E-state index contributed by atoms with van der Waals surface area (Å²) in [6.45, 7) is 2.11. The van der Waals surface area contributed by atoms with Crippen molar-refractivity contribution in [2.24, 2.45) is 10.7 Å². The van der Waals surface area contributed by atoms with Gasteiger partial charge >= 0.3 is 5.97 Å². The maximum absolute atomic E-state index is 10.6. The Hall–Kier alpha value is -1.07. The maximum Gasteiger partial charge on any atom is 0.353 e. The molecule has 0 spiro atoms. The Labute approximate surface area is 93.2 Å². The number of carboxylic acids is 1. The number of hydrogen-bond donors (Lipinski definition) is 2. The average Bonchev–Trinajstić information content (AvgIpc) is 2.40. The van der Waals surface area contributed by atoms with Gasteiger partial charge in [0.1, 0.15) is 5.70 Å². The molecule has 0 atom stereocenters. The van der Waals surface area contributed by atoms with Gasteiger partial charge in [-0.15, -0.1) is 0 Å². The van der Waals surface area contributed by atoms with Gasteiger partial charge in [0.05, 0.1) is 10.7 Å². The van der Waals surface area contributed by atoms with Crippen molar-refractivity contribution in [3.8, 4) is 0 Å². The van der Waals surface area contributed by atoms with Gasteiger partial charge in [-0.3, -0.25) is 4.99 Å². The van der Waals surface area contributed by atoms with Gasteiger partial charge in [0.25, 0.3) is 0 Å². The van der Waals surface area contributed by atoms with Crippen LogP contribution in [0.15, 0.2) is 15.7 Å². The van der Waals surface area contributed by atoms with Gasteiger partial charge < -0.3 is 15.7 Å². The van der Waals surface area contributed by atoms with Gasteiger partial charge in [-0.05, 0) is 13.5 Å². The first-order valence-electron chi connectivity index (χ1n) is 4.63. The highest BCUT2D eigenvalue weighted by Gasteiger charge is 2.17. The molecule has 0 bridgehead atoms. The minimum absolute atomic E-state index is 0.0521. The lowest BCUT2D eigenvalue weighted by molar-refractivity contribution is -0.132. The second-order valence-corrected chi connectivity index (χ2v) is 3.83. The molecule has 0 radical (unpaired) electrons. The van der Waals surface area contributed by atoms with Crippen molar-refractivity contribution in [2.75, 3.05) is 26.7 Å². The van der Waals surface area contributed by atoms with Crippen LogP contribution in [-0.2, 0) is 4.79 Å². The predicted molar refractivity (Wildman–Crippen MR) is 59.1 cm³/mol. The number of rotatable bonds is 2. The standard InChI is InChI=1S/C9H14ClN3O2/c1-13-4-2-3-12-6(5-13)7(10)8(11)9(14)15/h2-5,11H2,1H3,(H,14,15)/b8-7+. The van der Waals surface area contributed by atoms with E-state index in [0.717, 1.165) is 13.0 Å². The molecule has 1 aliphatic heterocycles. The van der Waals surface area contributed by atoms with E-state index in [0.29, 0.717) is 18.8 Å². The van der Waals surface area contributed by atoms with Gasteiger partial charge in [0.2, 0.25) is 0 Å². The van der Waals surface area contributed by atoms with E-state index >= 15 is 0 Å². The molecule has 6 heteroatoms. The summed E-state index contributed by atoms with van der Waals surface area (Å²) in [6.07, 6.45) is 0.942. The van der Waals surface area contributed by atoms with E-state index in [1.54, 1.807) is 0 Å². The Balaban J connectivity index is 2.91. The highest BCUT2D eigenvalue weighted by molar-refractivity contribution is 6.45. The summed E-state index contributed by atoms with van der Waals surface area (Å²) in [7, 11) is 1.93. The van der Waals surface area contributed by atoms with Crippen LogP contribution >= 0.6 is 11.6 Å². The van der Waals surface area contributed by atoms with E-state index in [9.17, 15) is 4.79 Å². The zero-order valence-electron chi connectivity index (χ0n) is 8.53. The molecular weight excluding hydrogens is 218 g/mol. The van der Waals surface area contributed by atoms with Crippen LogP contribution in [-0.4, -0.2) is 48.4 Å². The van der Waals surface area contributed by atoms with E-state index < -0.39 is 5.97 Å². The van der Waals surface area contributed by atoms with Crippen LogP contribution in [0, 0.1) is 0 Å². The minimum Gasteiger partial charge on any atom is -0.477 e. The summed E-state index contributed by atoms with van der Waals surface area (Å²) in [4.78, 5) is 16.9. The van der Waals surface area contributed by atoms with Crippen LogP contribution in [0.25, 0.3) is 0 Å². The molecule has 1 heterocycles. The molecule has 0 saturated heterocycles. The summed E-state index contributed by atoms with van der Waals surface area (Å²) in [5.74, 6) is -1.21. The fourth-order valence-electron chi connectivity index (χ4n) is 1.33. The first-order valence-corrected chi connectivity index (χ1v) is 5.01. The van der Waals surface area contributed by atoms with Crippen molar-refractivity contribution >= 4 is 23.3 Å². The normalized spacial score (nSPS) is 20.3. The Kier molecular flexibility index (Phi) is 4.11. The van der Waals surface area contributed by atoms with E-state index in [1.165, 1.54) is 0 Å². The van der Waals surface area contributed by atoms with Crippen LogP contribution in [0.5, 0.6) is 0 Å². The zero-order valence-corrected chi connectivity index (χ0v) is 9.29. The third-order valence-electron chi connectivity index (χ3n) is 2.14. The number of nitrogens with two attached hydrogens (primary N) is 1. The number of carbonyl (C=O) groups is 1. The molecule has 0 aromatic carbocycles. The molecule has 0 fully saturated rings. The van der Waals surface area contributed by atoms with Crippen molar-refractivity contribution in [3.63, 3.8) is 0 Å². The Morgan fingerprint density at radius 3 is 2.93 bits per heavy atom. The molecule has 0 saturated carbocycles. The highest BCUT2D eigenvalue weighted by Crippen LogP contribution is 2.12. The van der Waals surface area contributed by atoms with E-state index in [-0.39, 0.29) is 10.7 Å². The molecule has 15 heavy (non-hydrogen) atoms. The third kappa shape index (κ3) is 3.21. The number of aliphatic imine (C=N–C) groups is 1. The molecule has 0 unspecified atom stereocenters. The molecule has 3 N–H and O–H groups in total. The van der Waals surface area contributed by atoms with E-state index in [4.69, 9.17) is 22.4 Å². The molecular formula is C9H14ClN3O2. The van der Waals surface area contributed by atoms with Crippen LogP contribution in [0.4, 0.5) is 0 Å². The van der Waals surface area contributed by atoms with Crippen molar-refractivity contribution in [1.29, 1.82) is 0 Å². The maximum atomic E-state index is 10.6. The van der Waals surface area contributed by atoms with E-state index in [2.05, 4.69) is 4.99 Å². The second-order valence-electron chi connectivity index (χ2n) is 3.45. The second kappa shape index (κ2) is 5.14. The smallest absolute Gasteiger partial charge is 0.353 e. The third-order valence-corrected chi connectivity index (χ3v) is 2.56. The molecule has 1 rings (SSSR count). The van der Waals surface area contributed by atoms with Crippen LogP contribution in [0.1, 0.15) is 6.42 Å². The van der Waals surface area contributed by atoms with Crippen molar-refractivity contribution in [3.05, 3.63) is 10.7 Å². The minimum atomic E-state index is -1.21. The lowest BCUT2D eigenvalue weighted by atomic mass is 10.2. The summed E-state index contributed by atoms with van der Waals surface area (Å²) in [5, 5.41) is 8.74. The predicted octanol–water partition coefficient (Wildman–Crippen LogP) is 0.257. The molecule has 0 aromatic heterocycles. The van der Waals surface area contributed by atoms with Crippen LogP contribution in [0.2, 0.25) is 0 Å². The SMILES string of the molecule is CN1CCCN=C(/C(Cl)=C(\N)C(=O)O)C1. The van der Waals surface area contributed by atoms with Gasteiger partial charge in [0.15, 0.2) is 0 Å².